The highest BCUT2D eigenvalue weighted by Gasteiger charge is 2.38. The first kappa shape index (κ1) is 16.5. The molecule has 1 atom stereocenters. The Morgan fingerprint density at radius 1 is 1.19 bits per heavy atom. The van der Waals surface area contributed by atoms with Gasteiger partial charge in [0.1, 0.15) is 0 Å². The number of hydrogen-bond acceptors (Lipinski definition) is 2. The van der Waals surface area contributed by atoms with Crippen molar-refractivity contribution in [3.8, 4) is 0 Å². The highest BCUT2D eigenvalue weighted by atomic mass is 15.3. The molecule has 0 bridgehead atoms. The predicted octanol–water partition coefficient (Wildman–Crippen LogP) is 3.90. The standard InChI is InChI=1S/C19H32N2/c1-14-9-8-10-15(2)16(14)11-21-12-17(18(3,4)5)20-13-19(21,6)7/h8-10,17,20H,11-13H2,1-7H3. The van der Waals surface area contributed by atoms with Crippen LogP contribution in [0.1, 0.15) is 51.3 Å². The lowest BCUT2D eigenvalue weighted by atomic mass is 9.82. The van der Waals surface area contributed by atoms with Crippen LogP contribution in [-0.2, 0) is 6.54 Å². The Balaban J connectivity index is 2.23. The molecule has 1 fully saturated rings. The fourth-order valence-corrected chi connectivity index (χ4v) is 3.16. The molecule has 1 aliphatic heterocycles. The van der Waals surface area contributed by atoms with Gasteiger partial charge in [0.15, 0.2) is 0 Å². The van der Waals surface area contributed by atoms with Gasteiger partial charge in [-0.2, -0.15) is 0 Å². The topological polar surface area (TPSA) is 15.3 Å². The van der Waals surface area contributed by atoms with E-state index in [4.69, 9.17) is 0 Å². The molecule has 1 aromatic rings. The van der Waals surface area contributed by atoms with Crippen LogP contribution in [0, 0.1) is 19.3 Å². The van der Waals surface area contributed by atoms with E-state index >= 15 is 0 Å². The van der Waals surface area contributed by atoms with Gasteiger partial charge in [-0.25, -0.2) is 0 Å². The van der Waals surface area contributed by atoms with Crippen molar-refractivity contribution in [3.05, 3.63) is 34.9 Å². The normalized spacial score (nSPS) is 23.3. The summed E-state index contributed by atoms with van der Waals surface area (Å²) in [5.74, 6) is 0. The maximum absolute atomic E-state index is 3.75. The van der Waals surface area contributed by atoms with E-state index in [1.54, 1.807) is 0 Å². The van der Waals surface area contributed by atoms with Crippen molar-refractivity contribution in [2.45, 2.75) is 66.6 Å². The lowest BCUT2D eigenvalue weighted by molar-refractivity contribution is 0.0293. The molecule has 1 aliphatic rings. The Kier molecular flexibility index (Phi) is 4.51. The minimum Gasteiger partial charge on any atom is -0.310 e. The molecule has 0 spiro atoms. The van der Waals surface area contributed by atoms with Crippen LogP contribution in [0.15, 0.2) is 18.2 Å². The molecule has 0 amide bonds. The molecule has 2 heteroatoms. The first-order chi connectivity index (χ1) is 9.61. The van der Waals surface area contributed by atoms with Crippen LogP contribution in [0.2, 0.25) is 0 Å². The fraction of sp³-hybridized carbons (Fsp3) is 0.684. The van der Waals surface area contributed by atoms with Crippen LogP contribution in [0.4, 0.5) is 0 Å². The molecule has 1 heterocycles. The van der Waals surface area contributed by atoms with Crippen LogP contribution in [-0.4, -0.2) is 29.6 Å². The third-order valence-electron chi connectivity index (χ3n) is 5.08. The highest BCUT2D eigenvalue weighted by molar-refractivity contribution is 5.33. The fourth-order valence-electron chi connectivity index (χ4n) is 3.16. The summed E-state index contributed by atoms with van der Waals surface area (Å²) in [6.45, 7) is 19.4. The van der Waals surface area contributed by atoms with Crippen molar-refractivity contribution < 1.29 is 0 Å². The lowest BCUT2D eigenvalue weighted by Gasteiger charge is -2.49. The molecule has 2 nitrogen and oxygen atoms in total. The van der Waals surface area contributed by atoms with Crippen molar-refractivity contribution in [3.63, 3.8) is 0 Å². The maximum Gasteiger partial charge on any atom is 0.0281 e. The minimum absolute atomic E-state index is 0.205. The van der Waals surface area contributed by atoms with Gasteiger partial charge in [-0.3, -0.25) is 4.90 Å². The quantitative estimate of drug-likeness (QED) is 0.888. The van der Waals surface area contributed by atoms with E-state index in [0.29, 0.717) is 11.5 Å². The summed E-state index contributed by atoms with van der Waals surface area (Å²) in [5.41, 5.74) is 4.83. The molecule has 0 aliphatic carbocycles. The van der Waals surface area contributed by atoms with E-state index in [2.05, 4.69) is 76.9 Å². The molecular formula is C19H32N2. The number of benzene rings is 1. The van der Waals surface area contributed by atoms with Gasteiger partial charge in [0.05, 0.1) is 0 Å². The van der Waals surface area contributed by atoms with Crippen LogP contribution < -0.4 is 5.32 Å². The van der Waals surface area contributed by atoms with Crippen molar-refractivity contribution in [2.24, 2.45) is 5.41 Å². The zero-order valence-corrected chi connectivity index (χ0v) is 14.9. The summed E-state index contributed by atoms with van der Waals surface area (Å²) in [6.07, 6.45) is 0. The maximum atomic E-state index is 3.75. The summed E-state index contributed by atoms with van der Waals surface area (Å²) in [4.78, 5) is 2.66. The van der Waals surface area contributed by atoms with Gasteiger partial charge >= 0.3 is 0 Å². The summed E-state index contributed by atoms with van der Waals surface area (Å²) in [6, 6.07) is 7.18. The molecule has 1 saturated heterocycles. The molecule has 1 aromatic carbocycles. The molecule has 1 unspecified atom stereocenters. The Hall–Kier alpha value is -0.860. The number of rotatable bonds is 2. The van der Waals surface area contributed by atoms with Crippen LogP contribution in [0.3, 0.4) is 0 Å². The largest absolute Gasteiger partial charge is 0.310 e. The van der Waals surface area contributed by atoms with Gasteiger partial charge in [0.25, 0.3) is 0 Å². The smallest absolute Gasteiger partial charge is 0.0281 e. The second kappa shape index (κ2) is 5.73. The zero-order valence-electron chi connectivity index (χ0n) is 14.9. The van der Waals surface area contributed by atoms with Gasteiger partial charge in [-0.1, -0.05) is 39.0 Å². The number of aryl methyl sites for hydroxylation is 2. The molecule has 0 radical (unpaired) electrons. The van der Waals surface area contributed by atoms with Gasteiger partial charge in [-0.15, -0.1) is 0 Å². The average molecular weight is 288 g/mol. The third-order valence-corrected chi connectivity index (χ3v) is 5.08. The summed E-state index contributed by atoms with van der Waals surface area (Å²) >= 11 is 0. The number of hydrogen-bond donors (Lipinski definition) is 1. The third kappa shape index (κ3) is 3.67. The van der Waals surface area contributed by atoms with Gasteiger partial charge in [0, 0.05) is 31.2 Å². The minimum atomic E-state index is 0.205. The molecule has 0 aromatic heterocycles. The zero-order chi connectivity index (χ0) is 15.8. The first-order valence-corrected chi connectivity index (χ1v) is 8.15. The lowest BCUT2D eigenvalue weighted by Crippen LogP contribution is -2.64. The number of nitrogens with one attached hydrogen (secondary N) is 1. The van der Waals surface area contributed by atoms with E-state index < -0.39 is 0 Å². The van der Waals surface area contributed by atoms with Gasteiger partial charge in [0.2, 0.25) is 0 Å². The van der Waals surface area contributed by atoms with E-state index in [1.165, 1.54) is 16.7 Å². The Morgan fingerprint density at radius 3 is 2.29 bits per heavy atom. The molecule has 118 valence electrons. The molecular weight excluding hydrogens is 256 g/mol. The molecule has 21 heavy (non-hydrogen) atoms. The molecule has 2 rings (SSSR count). The Bertz CT molecular complexity index is 477. The van der Waals surface area contributed by atoms with Crippen LogP contribution in [0.5, 0.6) is 0 Å². The second-order valence-corrected chi connectivity index (χ2v) is 8.36. The predicted molar refractivity (Wildman–Crippen MR) is 91.7 cm³/mol. The van der Waals surface area contributed by atoms with Crippen LogP contribution in [0.25, 0.3) is 0 Å². The van der Waals surface area contributed by atoms with Crippen molar-refractivity contribution in [1.82, 2.24) is 10.2 Å². The second-order valence-electron chi connectivity index (χ2n) is 8.36. The number of nitrogens with zero attached hydrogens (tertiary/aromatic N) is 1. The van der Waals surface area contributed by atoms with E-state index in [1.807, 2.05) is 0 Å². The van der Waals surface area contributed by atoms with Gasteiger partial charge in [-0.05, 0) is 49.8 Å². The summed E-state index contributed by atoms with van der Waals surface area (Å²) in [7, 11) is 0. The van der Waals surface area contributed by atoms with Crippen LogP contribution >= 0.6 is 0 Å². The Labute approximate surface area is 130 Å². The first-order valence-electron chi connectivity index (χ1n) is 8.15. The van der Waals surface area contributed by atoms with Crippen molar-refractivity contribution in [2.75, 3.05) is 13.1 Å². The Morgan fingerprint density at radius 2 is 1.76 bits per heavy atom. The van der Waals surface area contributed by atoms with E-state index in [-0.39, 0.29) is 5.54 Å². The van der Waals surface area contributed by atoms with Crippen molar-refractivity contribution in [1.29, 1.82) is 0 Å². The van der Waals surface area contributed by atoms with E-state index in [9.17, 15) is 0 Å². The average Bonchev–Trinajstić information content (AvgIpc) is 2.34. The SMILES string of the molecule is Cc1cccc(C)c1CN1CC(C(C)(C)C)NCC1(C)C. The highest BCUT2D eigenvalue weighted by Crippen LogP contribution is 2.29. The summed E-state index contributed by atoms with van der Waals surface area (Å²) in [5, 5.41) is 3.75. The number of piperazine rings is 1. The summed E-state index contributed by atoms with van der Waals surface area (Å²) < 4.78 is 0. The monoisotopic (exact) mass is 288 g/mol. The molecule has 1 N–H and O–H groups in total. The molecule has 0 saturated carbocycles. The van der Waals surface area contributed by atoms with E-state index in [0.717, 1.165) is 19.6 Å². The van der Waals surface area contributed by atoms with Crippen molar-refractivity contribution >= 4 is 0 Å². The van der Waals surface area contributed by atoms with Gasteiger partial charge < -0.3 is 5.32 Å².